The maximum atomic E-state index is 13.5. The first-order valence-corrected chi connectivity index (χ1v) is 8.49. The van der Waals surface area contributed by atoms with Crippen molar-refractivity contribution in [3.05, 3.63) is 71.6 Å². The van der Waals surface area contributed by atoms with Gasteiger partial charge in [0.05, 0.1) is 0 Å². The molecule has 0 aliphatic rings. The highest BCUT2D eigenvalue weighted by atomic mass is 19.1. The van der Waals surface area contributed by atoms with Gasteiger partial charge in [0.15, 0.2) is 6.61 Å². The molecule has 0 radical (unpaired) electrons. The van der Waals surface area contributed by atoms with Crippen molar-refractivity contribution in [2.75, 3.05) is 11.9 Å². The standard InChI is InChI=1S/C21H22FNO3/c1-3-15(2)17-9-5-7-11-19(17)23-20(24)14-26-21(25)13-12-16-8-4-6-10-18(16)22/h4-13,15H,3,14H2,1-2H3,(H,23,24)/b13-12+/t15-/m0/s1. The minimum atomic E-state index is -0.710. The molecule has 136 valence electrons. The van der Waals surface area contributed by atoms with Crippen molar-refractivity contribution >= 4 is 23.6 Å². The van der Waals surface area contributed by atoms with Gasteiger partial charge in [0, 0.05) is 17.3 Å². The van der Waals surface area contributed by atoms with E-state index in [0.717, 1.165) is 18.1 Å². The van der Waals surface area contributed by atoms with Gasteiger partial charge in [-0.3, -0.25) is 4.79 Å². The number of halogens is 1. The van der Waals surface area contributed by atoms with Crippen molar-refractivity contribution in [1.82, 2.24) is 0 Å². The second kappa shape index (κ2) is 9.51. The highest BCUT2D eigenvalue weighted by Gasteiger charge is 2.12. The molecule has 2 aromatic carbocycles. The van der Waals surface area contributed by atoms with Crippen LogP contribution in [0.5, 0.6) is 0 Å². The van der Waals surface area contributed by atoms with E-state index in [2.05, 4.69) is 19.2 Å². The van der Waals surface area contributed by atoms with Crippen LogP contribution in [0.2, 0.25) is 0 Å². The number of carbonyl (C=O) groups is 2. The van der Waals surface area contributed by atoms with Gasteiger partial charge < -0.3 is 10.1 Å². The monoisotopic (exact) mass is 355 g/mol. The third-order valence-corrected chi connectivity index (χ3v) is 4.03. The molecule has 1 N–H and O–H groups in total. The summed E-state index contributed by atoms with van der Waals surface area (Å²) in [7, 11) is 0. The molecule has 0 heterocycles. The molecule has 5 heteroatoms. The van der Waals surface area contributed by atoms with Gasteiger partial charge in [0.1, 0.15) is 5.82 Å². The fourth-order valence-electron chi connectivity index (χ4n) is 2.40. The fraction of sp³-hybridized carbons (Fsp3) is 0.238. The number of anilines is 1. The third kappa shape index (κ3) is 5.55. The van der Waals surface area contributed by atoms with E-state index in [4.69, 9.17) is 4.74 Å². The van der Waals surface area contributed by atoms with Gasteiger partial charge in [-0.05, 0) is 36.1 Å². The first-order chi connectivity index (χ1) is 12.5. The Labute approximate surface area is 152 Å². The van der Waals surface area contributed by atoms with E-state index in [1.807, 2.05) is 24.3 Å². The molecule has 0 aromatic heterocycles. The Morgan fingerprint density at radius 2 is 1.85 bits per heavy atom. The van der Waals surface area contributed by atoms with Gasteiger partial charge >= 0.3 is 5.97 Å². The lowest BCUT2D eigenvalue weighted by atomic mass is 9.97. The zero-order valence-corrected chi connectivity index (χ0v) is 14.9. The Morgan fingerprint density at radius 1 is 1.15 bits per heavy atom. The van der Waals surface area contributed by atoms with E-state index in [-0.39, 0.29) is 5.56 Å². The maximum Gasteiger partial charge on any atom is 0.331 e. The van der Waals surface area contributed by atoms with Gasteiger partial charge in [-0.2, -0.15) is 0 Å². The molecular formula is C21H22FNO3. The van der Waals surface area contributed by atoms with E-state index in [9.17, 15) is 14.0 Å². The van der Waals surface area contributed by atoms with E-state index in [1.165, 1.54) is 18.2 Å². The number of esters is 1. The van der Waals surface area contributed by atoms with E-state index < -0.39 is 24.3 Å². The molecule has 1 amide bonds. The number of para-hydroxylation sites is 1. The molecule has 2 aromatic rings. The molecule has 0 fully saturated rings. The van der Waals surface area contributed by atoms with Crippen LogP contribution in [0.4, 0.5) is 10.1 Å². The van der Waals surface area contributed by atoms with Gasteiger partial charge in [0.25, 0.3) is 5.91 Å². The van der Waals surface area contributed by atoms with Gasteiger partial charge in [0.2, 0.25) is 0 Å². The van der Waals surface area contributed by atoms with Crippen molar-refractivity contribution in [3.8, 4) is 0 Å². The van der Waals surface area contributed by atoms with Crippen LogP contribution in [0.3, 0.4) is 0 Å². The van der Waals surface area contributed by atoms with Crippen LogP contribution in [-0.4, -0.2) is 18.5 Å². The Bertz CT molecular complexity index is 801. The first kappa shape index (κ1) is 19.4. The lowest BCUT2D eigenvalue weighted by Crippen LogP contribution is -2.21. The quantitative estimate of drug-likeness (QED) is 0.586. The first-order valence-electron chi connectivity index (χ1n) is 8.49. The third-order valence-electron chi connectivity index (χ3n) is 4.03. The average Bonchev–Trinajstić information content (AvgIpc) is 2.65. The maximum absolute atomic E-state index is 13.5. The summed E-state index contributed by atoms with van der Waals surface area (Å²) in [4.78, 5) is 23.7. The molecule has 2 rings (SSSR count). The Kier molecular flexibility index (Phi) is 7.09. The number of nitrogens with one attached hydrogen (secondary N) is 1. The lowest BCUT2D eigenvalue weighted by Gasteiger charge is -2.15. The largest absolute Gasteiger partial charge is 0.452 e. The van der Waals surface area contributed by atoms with Crippen LogP contribution >= 0.6 is 0 Å². The van der Waals surface area contributed by atoms with Crippen molar-refractivity contribution in [3.63, 3.8) is 0 Å². The van der Waals surface area contributed by atoms with Crippen molar-refractivity contribution in [2.45, 2.75) is 26.2 Å². The molecule has 4 nitrogen and oxygen atoms in total. The summed E-state index contributed by atoms with van der Waals surface area (Å²) < 4.78 is 18.4. The van der Waals surface area contributed by atoms with Crippen LogP contribution in [-0.2, 0) is 14.3 Å². The number of ether oxygens (including phenoxy) is 1. The van der Waals surface area contributed by atoms with Crippen molar-refractivity contribution < 1.29 is 18.7 Å². The predicted octanol–water partition coefficient (Wildman–Crippen LogP) is 4.53. The number of amides is 1. The number of benzene rings is 2. The number of rotatable bonds is 7. The van der Waals surface area contributed by atoms with Gasteiger partial charge in [-0.15, -0.1) is 0 Å². The van der Waals surface area contributed by atoms with Gasteiger partial charge in [-0.25, -0.2) is 9.18 Å². The normalized spacial score (nSPS) is 12.0. The van der Waals surface area contributed by atoms with E-state index in [1.54, 1.807) is 12.1 Å². The smallest absolute Gasteiger partial charge is 0.331 e. The minimum Gasteiger partial charge on any atom is -0.452 e. The summed E-state index contributed by atoms with van der Waals surface area (Å²) in [6, 6.07) is 13.6. The summed E-state index contributed by atoms with van der Waals surface area (Å²) in [5.74, 6) is -1.26. The molecule has 0 saturated carbocycles. The van der Waals surface area contributed by atoms with Crippen LogP contribution in [0.25, 0.3) is 6.08 Å². The summed E-state index contributed by atoms with van der Waals surface area (Å²) in [6.07, 6.45) is 3.36. The molecule has 0 bridgehead atoms. The van der Waals surface area contributed by atoms with Crippen LogP contribution in [0.1, 0.15) is 37.3 Å². The summed E-state index contributed by atoms with van der Waals surface area (Å²) in [6.45, 7) is 3.75. The summed E-state index contributed by atoms with van der Waals surface area (Å²) in [5, 5.41) is 2.76. The molecule has 26 heavy (non-hydrogen) atoms. The molecule has 0 aliphatic carbocycles. The second-order valence-electron chi connectivity index (χ2n) is 5.91. The molecule has 1 atom stereocenters. The molecule has 0 saturated heterocycles. The number of hydrogen-bond acceptors (Lipinski definition) is 3. The Morgan fingerprint density at radius 3 is 2.58 bits per heavy atom. The number of hydrogen-bond donors (Lipinski definition) is 1. The number of carbonyl (C=O) groups excluding carboxylic acids is 2. The fourth-order valence-corrected chi connectivity index (χ4v) is 2.40. The SMILES string of the molecule is CC[C@H](C)c1ccccc1NC(=O)COC(=O)/C=C/c1ccccc1F. The molecule has 0 aliphatic heterocycles. The Hall–Kier alpha value is -2.95. The highest BCUT2D eigenvalue weighted by molar-refractivity contribution is 5.95. The zero-order valence-electron chi connectivity index (χ0n) is 14.9. The summed E-state index contributed by atoms with van der Waals surface area (Å²) >= 11 is 0. The predicted molar refractivity (Wildman–Crippen MR) is 100 cm³/mol. The zero-order chi connectivity index (χ0) is 18.9. The van der Waals surface area contributed by atoms with Crippen LogP contribution in [0.15, 0.2) is 54.6 Å². The topological polar surface area (TPSA) is 55.4 Å². The Balaban J connectivity index is 1.89. The van der Waals surface area contributed by atoms with Crippen molar-refractivity contribution in [1.29, 1.82) is 0 Å². The summed E-state index contributed by atoms with van der Waals surface area (Å²) in [5.41, 5.74) is 2.02. The van der Waals surface area contributed by atoms with E-state index >= 15 is 0 Å². The van der Waals surface area contributed by atoms with E-state index in [0.29, 0.717) is 11.6 Å². The van der Waals surface area contributed by atoms with Crippen LogP contribution in [0, 0.1) is 5.82 Å². The molecule has 0 unspecified atom stereocenters. The minimum absolute atomic E-state index is 0.274. The van der Waals surface area contributed by atoms with Crippen LogP contribution < -0.4 is 5.32 Å². The molecular weight excluding hydrogens is 333 g/mol. The second-order valence-corrected chi connectivity index (χ2v) is 5.91. The van der Waals surface area contributed by atoms with Gasteiger partial charge in [-0.1, -0.05) is 50.2 Å². The lowest BCUT2D eigenvalue weighted by molar-refractivity contribution is -0.142. The van der Waals surface area contributed by atoms with Crippen molar-refractivity contribution in [2.24, 2.45) is 0 Å². The average molecular weight is 355 g/mol. The molecule has 0 spiro atoms. The highest BCUT2D eigenvalue weighted by Crippen LogP contribution is 2.26.